The summed E-state index contributed by atoms with van der Waals surface area (Å²) in [5.74, 6) is 0.0737. The molecule has 2 aromatic rings. The number of hydrogen-bond donors (Lipinski definition) is 1. The lowest BCUT2D eigenvalue weighted by molar-refractivity contribution is -0.137. The lowest BCUT2D eigenvalue weighted by Crippen LogP contribution is -2.39. The monoisotopic (exact) mass is 385 g/mol. The molecule has 3 rings (SSSR count). The van der Waals surface area contributed by atoms with Crippen LogP contribution in [0, 0.1) is 6.92 Å². The summed E-state index contributed by atoms with van der Waals surface area (Å²) in [5.41, 5.74) is 1.57. The van der Waals surface area contributed by atoms with Crippen molar-refractivity contribution >= 4 is 17.2 Å². The molecule has 2 aromatic heterocycles. The number of aromatic nitrogens is 2. The Hall–Kier alpha value is -2.16. The number of halogens is 3. The van der Waals surface area contributed by atoms with Crippen LogP contribution in [0.15, 0.2) is 23.8 Å². The van der Waals surface area contributed by atoms with Gasteiger partial charge in [0.1, 0.15) is 11.0 Å². The first-order valence-corrected chi connectivity index (χ1v) is 9.12. The lowest BCUT2D eigenvalue weighted by atomic mass is 9.93. The van der Waals surface area contributed by atoms with E-state index in [1.54, 1.807) is 12.4 Å². The molecule has 1 saturated carbocycles. The van der Waals surface area contributed by atoms with E-state index in [9.17, 15) is 18.0 Å². The van der Waals surface area contributed by atoms with Gasteiger partial charge < -0.3 is 10.1 Å². The van der Waals surface area contributed by atoms with E-state index in [1.165, 1.54) is 17.4 Å². The number of nitrogens with one attached hydrogen (secondary N) is 1. The van der Waals surface area contributed by atoms with Crippen molar-refractivity contribution in [1.82, 2.24) is 15.3 Å². The van der Waals surface area contributed by atoms with Crippen molar-refractivity contribution in [2.75, 3.05) is 0 Å². The standard InChI is InChI=1S/C17H18F3N3O2S/c1-10-15(26-9-22-10)16(24)23-12-3-5-13(6-4-12)25-14-7-2-11(8-21-14)17(18,19)20/h2,7-9,12-13H,3-6H2,1H3,(H,23,24). The second-order valence-corrected chi connectivity index (χ2v) is 7.07. The number of pyridine rings is 1. The topological polar surface area (TPSA) is 64.1 Å². The van der Waals surface area contributed by atoms with Gasteiger partial charge in [-0.2, -0.15) is 13.2 Å². The fourth-order valence-electron chi connectivity index (χ4n) is 2.88. The molecule has 1 aliphatic rings. The third-order valence-corrected chi connectivity index (χ3v) is 5.24. The van der Waals surface area contributed by atoms with Crippen molar-refractivity contribution in [2.24, 2.45) is 0 Å². The zero-order valence-corrected chi connectivity index (χ0v) is 14.9. The van der Waals surface area contributed by atoms with Crippen LogP contribution in [-0.2, 0) is 6.18 Å². The Bertz CT molecular complexity index is 753. The molecule has 1 fully saturated rings. The van der Waals surface area contributed by atoms with E-state index in [-0.39, 0.29) is 23.9 Å². The van der Waals surface area contributed by atoms with E-state index in [1.807, 2.05) is 0 Å². The van der Waals surface area contributed by atoms with E-state index in [0.29, 0.717) is 17.7 Å². The van der Waals surface area contributed by atoms with Crippen LogP contribution in [0.5, 0.6) is 5.88 Å². The molecule has 0 aromatic carbocycles. The fourth-order valence-corrected chi connectivity index (χ4v) is 3.59. The Balaban J connectivity index is 1.48. The highest BCUT2D eigenvalue weighted by molar-refractivity contribution is 7.11. The first-order valence-electron chi connectivity index (χ1n) is 8.24. The molecular formula is C17H18F3N3O2S. The number of carbonyl (C=O) groups is 1. The van der Waals surface area contributed by atoms with Gasteiger partial charge in [-0.15, -0.1) is 11.3 Å². The molecule has 1 aliphatic carbocycles. The molecule has 0 unspecified atom stereocenters. The summed E-state index contributed by atoms with van der Waals surface area (Å²) in [6, 6.07) is 2.26. The van der Waals surface area contributed by atoms with Gasteiger partial charge in [0.15, 0.2) is 0 Å². The fraction of sp³-hybridized carbons (Fsp3) is 0.471. The van der Waals surface area contributed by atoms with Gasteiger partial charge in [-0.25, -0.2) is 9.97 Å². The largest absolute Gasteiger partial charge is 0.474 e. The maximum atomic E-state index is 12.5. The van der Waals surface area contributed by atoms with Gasteiger partial charge in [-0.05, 0) is 38.7 Å². The Morgan fingerprint density at radius 1 is 1.23 bits per heavy atom. The van der Waals surface area contributed by atoms with Crippen molar-refractivity contribution in [3.8, 4) is 5.88 Å². The van der Waals surface area contributed by atoms with Crippen LogP contribution >= 0.6 is 11.3 Å². The van der Waals surface area contributed by atoms with Crippen LogP contribution < -0.4 is 10.1 Å². The number of ether oxygens (including phenoxy) is 1. The molecule has 9 heteroatoms. The number of rotatable bonds is 4. The minimum Gasteiger partial charge on any atom is -0.474 e. The normalized spacial score (nSPS) is 20.6. The highest BCUT2D eigenvalue weighted by atomic mass is 32.1. The number of nitrogens with zero attached hydrogens (tertiary/aromatic N) is 2. The molecule has 0 spiro atoms. The Morgan fingerprint density at radius 2 is 1.96 bits per heavy atom. The van der Waals surface area contributed by atoms with E-state index < -0.39 is 11.7 Å². The van der Waals surface area contributed by atoms with Crippen LogP contribution in [0.1, 0.15) is 46.6 Å². The van der Waals surface area contributed by atoms with Gasteiger partial charge in [0.25, 0.3) is 5.91 Å². The first-order chi connectivity index (χ1) is 12.3. The van der Waals surface area contributed by atoms with Gasteiger partial charge in [-0.3, -0.25) is 4.79 Å². The average Bonchev–Trinajstić information content (AvgIpc) is 3.02. The minimum atomic E-state index is -4.40. The Labute approximate surface area is 152 Å². The number of hydrogen-bond acceptors (Lipinski definition) is 5. The van der Waals surface area contributed by atoms with Gasteiger partial charge in [0.2, 0.25) is 5.88 Å². The first kappa shape index (κ1) is 18.6. The molecule has 0 radical (unpaired) electrons. The molecule has 1 N–H and O–H groups in total. The summed E-state index contributed by atoms with van der Waals surface area (Å²) >= 11 is 1.32. The predicted molar refractivity (Wildman–Crippen MR) is 90.2 cm³/mol. The second kappa shape index (κ2) is 7.61. The quantitative estimate of drug-likeness (QED) is 0.865. The van der Waals surface area contributed by atoms with E-state index in [4.69, 9.17) is 4.74 Å². The van der Waals surface area contributed by atoms with E-state index in [2.05, 4.69) is 15.3 Å². The third-order valence-electron chi connectivity index (χ3n) is 4.31. The molecule has 0 aliphatic heterocycles. The van der Waals surface area contributed by atoms with Gasteiger partial charge in [0.05, 0.1) is 16.8 Å². The van der Waals surface area contributed by atoms with Crippen molar-refractivity contribution in [1.29, 1.82) is 0 Å². The van der Waals surface area contributed by atoms with Crippen molar-refractivity contribution < 1.29 is 22.7 Å². The molecular weight excluding hydrogens is 367 g/mol. The number of amides is 1. The van der Waals surface area contributed by atoms with Crippen LogP contribution in [0.2, 0.25) is 0 Å². The molecule has 1 amide bonds. The van der Waals surface area contributed by atoms with Gasteiger partial charge >= 0.3 is 6.18 Å². The number of thiazole rings is 1. The highest BCUT2D eigenvalue weighted by Gasteiger charge is 2.31. The smallest absolute Gasteiger partial charge is 0.417 e. The zero-order valence-electron chi connectivity index (χ0n) is 14.0. The maximum absolute atomic E-state index is 12.5. The molecule has 140 valence electrons. The zero-order chi connectivity index (χ0) is 18.7. The predicted octanol–water partition coefficient (Wildman–Crippen LogP) is 3.99. The summed E-state index contributed by atoms with van der Waals surface area (Å²) in [4.78, 5) is 20.6. The van der Waals surface area contributed by atoms with Gasteiger partial charge in [0, 0.05) is 18.3 Å². The third kappa shape index (κ3) is 4.51. The molecule has 0 atom stereocenters. The SMILES string of the molecule is Cc1ncsc1C(=O)NC1CCC(Oc2ccc(C(F)(F)F)cn2)CC1. The molecule has 0 saturated heterocycles. The number of alkyl halides is 3. The molecule has 5 nitrogen and oxygen atoms in total. The lowest BCUT2D eigenvalue weighted by Gasteiger charge is -2.29. The van der Waals surface area contributed by atoms with Gasteiger partial charge in [-0.1, -0.05) is 0 Å². The second-order valence-electron chi connectivity index (χ2n) is 6.21. The summed E-state index contributed by atoms with van der Waals surface area (Å²) in [6.45, 7) is 1.80. The summed E-state index contributed by atoms with van der Waals surface area (Å²) in [6.07, 6.45) is -0.844. The van der Waals surface area contributed by atoms with E-state index >= 15 is 0 Å². The highest BCUT2D eigenvalue weighted by Crippen LogP contribution is 2.30. The summed E-state index contributed by atoms with van der Waals surface area (Å²) < 4.78 is 43.3. The molecule has 2 heterocycles. The Kier molecular flexibility index (Phi) is 5.45. The number of carbonyl (C=O) groups excluding carboxylic acids is 1. The van der Waals surface area contributed by atoms with E-state index in [0.717, 1.165) is 30.8 Å². The summed E-state index contributed by atoms with van der Waals surface area (Å²) in [5, 5.41) is 3.01. The van der Waals surface area contributed by atoms with Crippen molar-refractivity contribution in [3.05, 3.63) is 40.0 Å². The van der Waals surface area contributed by atoms with Crippen molar-refractivity contribution in [2.45, 2.75) is 50.9 Å². The molecule has 26 heavy (non-hydrogen) atoms. The number of aryl methyl sites for hydroxylation is 1. The van der Waals surface area contributed by atoms with Crippen molar-refractivity contribution in [3.63, 3.8) is 0 Å². The van der Waals surface area contributed by atoms with Crippen LogP contribution in [-0.4, -0.2) is 28.0 Å². The summed E-state index contributed by atoms with van der Waals surface area (Å²) in [7, 11) is 0. The van der Waals surface area contributed by atoms with Crippen LogP contribution in [0.25, 0.3) is 0 Å². The Morgan fingerprint density at radius 3 is 2.50 bits per heavy atom. The maximum Gasteiger partial charge on any atom is 0.417 e. The molecule has 0 bridgehead atoms. The minimum absolute atomic E-state index is 0.0596. The van der Waals surface area contributed by atoms with Crippen LogP contribution in [0.3, 0.4) is 0 Å². The average molecular weight is 385 g/mol. The van der Waals surface area contributed by atoms with Crippen LogP contribution in [0.4, 0.5) is 13.2 Å².